The van der Waals surface area contributed by atoms with E-state index in [0.717, 1.165) is 50.8 Å². The molecule has 2 fully saturated rings. The smallest absolute Gasteiger partial charge is 0.256 e. The minimum atomic E-state index is -0.510. The number of hydrogen-bond donors (Lipinski definition) is 0. The van der Waals surface area contributed by atoms with Gasteiger partial charge in [0.05, 0.1) is 22.2 Å². The van der Waals surface area contributed by atoms with Crippen LogP contribution in [-0.2, 0) is 4.79 Å². The summed E-state index contributed by atoms with van der Waals surface area (Å²) in [4.78, 5) is 30.6. The number of halogens is 3. The van der Waals surface area contributed by atoms with Crippen molar-refractivity contribution in [2.75, 3.05) is 32.8 Å². The van der Waals surface area contributed by atoms with E-state index in [1.54, 1.807) is 23.1 Å². The lowest BCUT2D eigenvalue weighted by Crippen LogP contribution is -2.51. The number of rotatable bonds is 6. The number of likely N-dealkylation sites (tertiary alicyclic amines) is 2. The molecule has 2 aliphatic rings. The molecule has 8 heteroatoms. The second kappa shape index (κ2) is 11.4. The molecule has 2 saturated heterocycles. The van der Waals surface area contributed by atoms with Crippen molar-refractivity contribution < 1.29 is 14.3 Å². The van der Waals surface area contributed by atoms with E-state index < -0.39 is 5.41 Å². The second-order valence-electron chi connectivity index (χ2n) is 9.74. The van der Waals surface area contributed by atoms with Crippen molar-refractivity contribution >= 4 is 46.6 Å². The largest absolute Gasteiger partial charge is 0.493 e. The number of carbonyl (C=O) groups excluding carboxylic acids is 2. The van der Waals surface area contributed by atoms with Gasteiger partial charge in [0.15, 0.2) is 0 Å². The van der Waals surface area contributed by atoms with Crippen LogP contribution in [0.2, 0.25) is 15.1 Å². The SMILES string of the molecule is Cc1cc(OC[C@]2(CC(=O)N3CCCCC3)CCCN(C(=O)c3c(Cl)cccc3Cl)C2)ccc1Cl. The topological polar surface area (TPSA) is 49.9 Å². The van der Waals surface area contributed by atoms with Crippen LogP contribution in [0, 0.1) is 12.3 Å². The molecule has 5 nitrogen and oxygen atoms in total. The Morgan fingerprint density at radius 1 is 0.914 bits per heavy atom. The van der Waals surface area contributed by atoms with Gasteiger partial charge in [-0.2, -0.15) is 0 Å². The first-order valence-corrected chi connectivity index (χ1v) is 13.3. The van der Waals surface area contributed by atoms with Gasteiger partial charge in [-0.15, -0.1) is 0 Å². The summed E-state index contributed by atoms with van der Waals surface area (Å²) in [6.07, 6.45) is 5.13. The van der Waals surface area contributed by atoms with Gasteiger partial charge in [-0.1, -0.05) is 40.9 Å². The molecule has 2 amide bonds. The molecule has 0 bridgehead atoms. The van der Waals surface area contributed by atoms with Crippen LogP contribution in [0.1, 0.15) is 54.4 Å². The Morgan fingerprint density at radius 2 is 1.60 bits per heavy atom. The van der Waals surface area contributed by atoms with Gasteiger partial charge in [0.25, 0.3) is 5.91 Å². The van der Waals surface area contributed by atoms with E-state index >= 15 is 0 Å². The van der Waals surface area contributed by atoms with Crippen LogP contribution in [0.3, 0.4) is 0 Å². The highest BCUT2D eigenvalue weighted by Crippen LogP contribution is 2.37. The lowest BCUT2D eigenvalue weighted by molar-refractivity contribution is -0.136. The fourth-order valence-corrected chi connectivity index (χ4v) is 5.75. The molecular weight excluding hydrogens is 507 g/mol. The highest BCUT2D eigenvalue weighted by Gasteiger charge is 2.41. The maximum atomic E-state index is 13.5. The van der Waals surface area contributed by atoms with Crippen molar-refractivity contribution in [2.45, 2.75) is 45.4 Å². The Hall–Kier alpha value is -1.95. The van der Waals surface area contributed by atoms with Crippen molar-refractivity contribution in [3.8, 4) is 5.75 Å². The Labute approximate surface area is 222 Å². The minimum Gasteiger partial charge on any atom is -0.493 e. The van der Waals surface area contributed by atoms with Gasteiger partial charge in [-0.25, -0.2) is 0 Å². The third-order valence-electron chi connectivity index (χ3n) is 7.03. The molecular formula is C27H31Cl3N2O3. The van der Waals surface area contributed by atoms with Crippen molar-refractivity contribution in [2.24, 2.45) is 5.41 Å². The molecule has 0 unspecified atom stereocenters. The van der Waals surface area contributed by atoms with Gasteiger partial charge >= 0.3 is 0 Å². The number of piperidine rings is 2. The summed E-state index contributed by atoms with van der Waals surface area (Å²) in [7, 11) is 0. The first-order chi connectivity index (χ1) is 16.8. The molecule has 2 aromatic rings. The summed E-state index contributed by atoms with van der Waals surface area (Å²) in [5, 5.41) is 1.34. The number of hydrogen-bond acceptors (Lipinski definition) is 3. The molecule has 0 saturated carbocycles. The molecule has 188 valence electrons. The molecule has 0 radical (unpaired) electrons. The van der Waals surface area contributed by atoms with Crippen molar-refractivity contribution in [3.63, 3.8) is 0 Å². The fraction of sp³-hybridized carbons (Fsp3) is 0.481. The number of aryl methyl sites for hydroxylation is 1. The van der Waals surface area contributed by atoms with E-state index in [9.17, 15) is 9.59 Å². The predicted octanol–water partition coefficient (Wildman–Crippen LogP) is 6.66. The zero-order chi connectivity index (χ0) is 25.0. The lowest BCUT2D eigenvalue weighted by Gasteiger charge is -2.43. The van der Waals surface area contributed by atoms with Crippen molar-refractivity contribution in [1.29, 1.82) is 0 Å². The highest BCUT2D eigenvalue weighted by atomic mass is 35.5. The van der Waals surface area contributed by atoms with Gasteiger partial charge in [-0.05, 0) is 74.9 Å². The predicted molar refractivity (Wildman–Crippen MR) is 141 cm³/mol. The van der Waals surface area contributed by atoms with Crippen LogP contribution < -0.4 is 4.74 Å². The molecule has 0 spiro atoms. The van der Waals surface area contributed by atoms with E-state index in [1.807, 2.05) is 30.0 Å². The summed E-state index contributed by atoms with van der Waals surface area (Å²) >= 11 is 18.9. The van der Waals surface area contributed by atoms with Crippen LogP contribution >= 0.6 is 34.8 Å². The molecule has 2 heterocycles. The Balaban J connectivity index is 1.57. The molecule has 0 N–H and O–H groups in total. The van der Waals surface area contributed by atoms with Crippen molar-refractivity contribution in [3.05, 3.63) is 62.6 Å². The van der Waals surface area contributed by atoms with Crippen LogP contribution in [0.25, 0.3) is 0 Å². The maximum absolute atomic E-state index is 13.5. The van der Waals surface area contributed by atoms with E-state index in [-0.39, 0.29) is 11.8 Å². The highest BCUT2D eigenvalue weighted by molar-refractivity contribution is 6.39. The quantitative estimate of drug-likeness (QED) is 0.414. The molecule has 0 aromatic heterocycles. The number of ether oxygens (including phenoxy) is 1. The standard InChI is InChI=1S/C27H31Cl3N2O3/c1-19-15-20(9-10-21(19)28)35-18-27(16-24(33)31-12-3-2-4-13-31)11-6-14-32(17-27)26(34)25-22(29)7-5-8-23(25)30/h5,7-10,15H,2-4,6,11-14,16-18H2,1H3/t27-/m0/s1. The van der Waals surface area contributed by atoms with E-state index in [0.29, 0.717) is 52.5 Å². The van der Waals surface area contributed by atoms with Crippen LogP contribution in [-0.4, -0.2) is 54.4 Å². The van der Waals surface area contributed by atoms with Gasteiger partial charge in [-0.3, -0.25) is 9.59 Å². The van der Waals surface area contributed by atoms with Gasteiger partial charge in [0.1, 0.15) is 5.75 Å². The van der Waals surface area contributed by atoms with Crippen molar-refractivity contribution in [1.82, 2.24) is 9.80 Å². The Morgan fingerprint density at radius 3 is 2.29 bits per heavy atom. The molecule has 0 aliphatic carbocycles. The van der Waals surface area contributed by atoms with Gasteiger partial charge < -0.3 is 14.5 Å². The van der Waals surface area contributed by atoms with Gasteiger partial charge in [0.2, 0.25) is 5.91 Å². The molecule has 4 rings (SSSR count). The average Bonchev–Trinajstić information content (AvgIpc) is 2.85. The monoisotopic (exact) mass is 536 g/mol. The fourth-order valence-electron chi connectivity index (χ4n) is 5.07. The van der Waals surface area contributed by atoms with Gasteiger partial charge in [0, 0.05) is 43.0 Å². The van der Waals surface area contributed by atoms with Crippen LogP contribution in [0.5, 0.6) is 5.75 Å². The first kappa shape index (κ1) is 26.1. The molecule has 2 aromatic carbocycles. The van der Waals surface area contributed by atoms with E-state index in [4.69, 9.17) is 39.5 Å². The minimum absolute atomic E-state index is 0.130. The summed E-state index contributed by atoms with van der Waals surface area (Å²) in [6, 6.07) is 10.6. The number of amides is 2. The number of benzene rings is 2. The Bertz CT molecular complexity index is 1070. The molecule has 1 atom stereocenters. The van der Waals surface area contributed by atoms with E-state index in [2.05, 4.69) is 0 Å². The van der Waals surface area contributed by atoms with E-state index in [1.165, 1.54) is 0 Å². The van der Waals surface area contributed by atoms with Crippen LogP contribution in [0.15, 0.2) is 36.4 Å². The lowest BCUT2D eigenvalue weighted by atomic mass is 9.77. The molecule has 35 heavy (non-hydrogen) atoms. The zero-order valence-corrected chi connectivity index (χ0v) is 22.3. The zero-order valence-electron chi connectivity index (χ0n) is 20.0. The summed E-state index contributed by atoms with van der Waals surface area (Å²) in [5.74, 6) is 0.623. The number of nitrogens with zero attached hydrogens (tertiary/aromatic N) is 2. The Kier molecular flexibility index (Phi) is 8.51. The maximum Gasteiger partial charge on any atom is 0.256 e. The number of carbonyl (C=O) groups is 2. The third kappa shape index (κ3) is 6.25. The summed E-state index contributed by atoms with van der Waals surface area (Å²) in [5.41, 5.74) is 0.726. The second-order valence-corrected chi connectivity index (χ2v) is 11.0. The summed E-state index contributed by atoms with van der Waals surface area (Å²) in [6.45, 7) is 4.83. The average molecular weight is 538 g/mol. The summed E-state index contributed by atoms with van der Waals surface area (Å²) < 4.78 is 6.23. The molecule has 2 aliphatic heterocycles. The third-order valence-corrected chi connectivity index (χ3v) is 8.09. The first-order valence-electron chi connectivity index (χ1n) is 12.2. The normalized spacial score (nSPS) is 20.6. The van der Waals surface area contributed by atoms with Crippen LogP contribution in [0.4, 0.5) is 0 Å².